The Morgan fingerprint density at radius 1 is 0.299 bits per heavy atom. The summed E-state index contributed by atoms with van der Waals surface area (Å²) in [5.74, 6) is 0. The highest BCUT2D eigenvalue weighted by Gasteiger charge is 2.53. The first kappa shape index (κ1) is 58.9. The van der Waals surface area contributed by atoms with Gasteiger partial charge >= 0.3 is 0 Å². The average molecular weight is 1070 g/mol. The van der Waals surface area contributed by atoms with Crippen molar-refractivity contribution in [1.82, 2.24) is 0 Å². The summed E-state index contributed by atoms with van der Waals surface area (Å²) in [5, 5.41) is 5.48. The van der Waals surface area contributed by atoms with E-state index in [0.29, 0.717) is 0 Å². The molecule has 1 spiro atoms. The Labute approximate surface area is 469 Å². The lowest BCUT2D eigenvalue weighted by Crippen LogP contribution is -2.39. The number of aryl methyl sites for hydroxylation is 2. The fourth-order valence-corrected chi connectivity index (χ4v) is 18.4. The Hall–Kier alpha value is -4.22. The van der Waals surface area contributed by atoms with Crippen molar-refractivity contribution >= 4 is 46.1 Å². The van der Waals surface area contributed by atoms with Crippen LogP contribution in [-0.2, 0) is 70.7 Å². The van der Waals surface area contributed by atoms with Crippen molar-refractivity contribution in [2.75, 3.05) is 0 Å². The van der Waals surface area contributed by atoms with E-state index in [1.54, 1.807) is 0 Å². The summed E-state index contributed by atoms with van der Waals surface area (Å²) in [4.78, 5) is 0. The van der Waals surface area contributed by atoms with Gasteiger partial charge in [-0.25, -0.2) is 0 Å². The van der Waals surface area contributed by atoms with Crippen LogP contribution in [0.25, 0.3) is 0 Å². The summed E-state index contributed by atoms with van der Waals surface area (Å²) in [6.45, 7) is 54.9. The first-order valence-corrected chi connectivity index (χ1v) is 32.5. The van der Waals surface area contributed by atoms with E-state index < -0.39 is 19.7 Å². The predicted molar refractivity (Wildman–Crippen MR) is 339 cm³/mol. The zero-order valence-corrected chi connectivity index (χ0v) is 54.2. The Balaban J connectivity index is 1.56. The minimum atomic E-state index is -3.74. The van der Waals surface area contributed by atoms with Gasteiger partial charge in [0.05, 0.1) is 0 Å². The maximum Gasteiger partial charge on any atom is 0.171 e. The fourth-order valence-electron chi connectivity index (χ4n) is 12.2. The smallest absolute Gasteiger partial charge is 0.171 e. The molecule has 0 unspecified atom stereocenters. The second kappa shape index (κ2) is 18.9. The van der Waals surface area contributed by atoms with Crippen LogP contribution in [0.15, 0.2) is 109 Å². The third-order valence-corrected chi connectivity index (χ3v) is 23.6. The van der Waals surface area contributed by atoms with Crippen LogP contribution in [0.5, 0.6) is 0 Å². The van der Waals surface area contributed by atoms with E-state index in [2.05, 4.69) is 275 Å². The first-order chi connectivity index (χ1) is 34.9. The Morgan fingerprint density at radius 3 is 0.675 bits per heavy atom. The van der Waals surface area contributed by atoms with Gasteiger partial charge in [-0.3, -0.25) is 0 Å². The van der Waals surface area contributed by atoms with Crippen LogP contribution in [-0.4, -0.2) is 0 Å². The first-order valence-electron chi connectivity index (χ1n) is 29.0. The van der Waals surface area contributed by atoms with Crippen molar-refractivity contribution in [2.24, 2.45) is 0 Å². The molecule has 0 aliphatic heterocycles. The molecule has 0 N–H and O–H groups in total. The molecule has 0 amide bonds. The fraction of sp³-hybridized carbons (Fsp3) is 0.507. The molecule has 4 heteroatoms. The van der Waals surface area contributed by atoms with Crippen molar-refractivity contribution in [3.8, 4) is 0 Å². The molecule has 2 nitrogen and oxygen atoms in total. The molecule has 6 aromatic rings. The van der Waals surface area contributed by atoms with Crippen LogP contribution in [0.2, 0.25) is 0 Å². The largest absolute Gasteiger partial charge is 0.309 e. The molecule has 0 saturated carbocycles. The van der Waals surface area contributed by atoms with Gasteiger partial charge < -0.3 is 9.13 Å². The standard InChI is InChI=1S/C73H98O2P2/c1-65(2,3)49-35-50(66(4,5)6)40-57(39-49)76(74,58-41-51(67(7,8)9)36-52(42-58)68(10,11)12)61-29-25-27-47-31-33-73(63(47)61)34-32-48-28-26-30-62(64(48)73)77(75,59-43-53(69(13,14)15)37-54(44-59)70(16,17)18)60-45-55(71(19,20)21)38-56(46-60)72(22,23)24/h25-30,35-46H,31-34H2,1-24H3. The summed E-state index contributed by atoms with van der Waals surface area (Å²) in [6, 6.07) is 41.5. The van der Waals surface area contributed by atoms with E-state index in [4.69, 9.17) is 0 Å². The van der Waals surface area contributed by atoms with E-state index in [1.807, 2.05) is 0 Å². The summed E-state index contributed by atoms with van der Waals surface area (Å²) in [5.41, 5.74) is 12.4. The van der Waals surface area contributed by atoms with E-state index in [0.717, 1.165) is 57.5 Å². The molecule has 0 radical (unpaired) electrons. The lowest BCUT2D eigenvalue weighted by molar-refractivity contribution is 0.510. The lowest BCUT2D eigenvalue weighted by atomic mass is 9.76. The Kier molecular flexibility index (Phi) is 14.5. The molecule has 0 fully saturated rings. The Morgan fingerprint density at radius 2 is 0.494 bits per heavy atom. The summed E-state index contributed by atoms with van der Waals surface area (Å²) in [6.07, 6.45) is 3.43. The lowest BCUT2D eigenvalue weighted by Gasteiger charge is -2.37. The highest BCUT2D eigenvalue weighted by Crippen LogP contribution is 2.59. The number of hydrogen-bond donors (Lipinski definition) is 0. The van der Waals surface area contributed by atoms with Crippen molar-refractivity contribution in [3.63, 3.8) is 0 Å². The molecular weight excluding hydrogens is 971 g/mol. The van der Waals surface area contributed by atoms with Gasteiger partial charge in [0.25, 0.3) is 0 Å². The molecule has 6 aromatic carbocycles. The van der Waals surface area contributed by atoms with Crippen LogP contribution in [0.4, 0.5) is 0 Å². The number of hydrogen-bond acceptors (Lipinski definition) is 2. The van der Waals surface area contributed by atoms with E-state index >= 15 is 9.13 Å². The van der Waals surface area contributed by atoms with Gasteiger partial charge in [0.2, 0.25) is 0 Å². The SMILES string of the molecule is CC(C)(C)c1cc(C(C)(C)C)cc(P(=O)(c2cc(C(C)(C)C)cc(C(C)(C)C)c2)c2cccc3c2C2(CC3)CCc3cccc(P(=O)(c4cc(C(C)(C)C)cc(C(C)(C)C)c4)c4cc(C(C)(C)C)cc(C(C)(C)C)c4)c32)c1. The average Bonchev–Trinajstić information content (AvgIpc) is 3.92. The third kappa shape index (κ3) is 10.8. The van der Waals surface area contributed by atoms with Crippen molar-refractivity contribution in [3.05, 3.63) is 176 Å². The molecule has 0 aromatic heterocycles. The topological polar surface area (TPSA) is 34.1 Å². The Bertz CT molecular complexity index is 2860. The molecule has 0 atom stereocenters. The molecule has 412 valence electrons. The quantitative estimate of drug-likeness (QED) is 0.156. The zero-order valence-electron chi connectivity index (χ0n) is 52.4. The van der Waals surface area contributed by atoms with Crippen molar-refractivity contribution < 1.29 is 9.13 Å². The molecular formula is C73H98O2P2. The van der Waals surface area contributed by atoms with Gasteiger partial charge in [-0.05, 0) is 184 Å². The van der Waals surface area contributed by atoms with Crippen molar-refractivity contribution in [1.29, 1.82) is 0 Å². The van der Waals surface area contributed by atoms with Crippen LogP contribution >= 0.6 is 14.3 Å². The molecule has 0 saturated heterocycles. The molecule has 8 rings (SSSR count). The van der Waals surface area contributed by atoms with E-state index in [1.165, 1.54) is 66.8 Å². The maximum atomic E-state index is 18.3. The van der Waals surface area contributed by atoms with Crippen LogP contribution < -0.4 is 31.8 Å². The van der Waals surface area contributed by atoms with Gasteiger partial charge in [-0.2, -0.15) is 0 Å². The van der Waals surface area contributed by atoms with Crippen LogP contribution in [0, 0.1) is 0 Å². The van der Waals surface area contributed by atoms with Gasteiger partial charge in [-0.15, -0.1) is 0 Å². The highest BCUT2D eigenvalue weighted by molar-refractivity contribution is 7.86. The summed E-state index contributed by atoms with van der Waals surface area (Å²) in [7, 11) is -7.47. The molecule has 77 heavy (non-hydrogen) atoms. The molecule has 0 bridgehead atoms. The molecule has 2 aliphatic rings. The monoisotopic (exact) mass is 1070 g/mol. The van der Waals surface area contributed by atoms with Gasteiger partial charge in [0.1, 0.15) is 0 Å². The summed E-state index contributed by atoms with van der Waals surface area (Å²) >= 11 is 0. The minimum absolute atomic E-state index is 0.195. The molecule has 2 aliphatic carbocycles. The van der Waals surface area contributed by atoms with Crippen LogP contribution in [0.1, 0.15) is 246 Å². The second-order valence-electron chi connectivity index (χ2n) is 32.0. The predicted octanol–water partition coefficient (Wildman–Crippen LogP) is 17.5. The van der Waals surface area contributed by atoms with Crippen LogP contribution in [0.3, 0.4) is 0 Å². The normalized spacial score (nSPS) is 15.8. The van der Waals surface area contributed by atoms with E-state index in [9.17, 15) is 0 Å². The second-order valence-corrected chi connectivity index (χ2v) is 37.5. The number of rotatable bonds is 6. The third-order valence-electron chi connectivity index (χ3n) is 17.6. The summed E-state index contributed by atoms with van der Waals surface area (Å²) < 4.78 is 36.7. The number of benzene rings is 6. The van der Waals surface area contributed by atoms with Gasteiger partial charge in [0, 0.05) is 37.2 Å². The minimum Gasteiger partial charge on any atom is -0.309 e. The van der Waals surface area contributed by atoms with Crippen molar-refractivity contribution in [2.45, 2.75) is 241 Å². The highest BCUT2D eigenvalue weighted by atomic mass is 31.2. The van der Waals surface area contributed by atoms with Gasteiger partial charge in [-0.1, -0.05) is 227 Å². The zero-order chi connectivity index (χ0) is 57.4. The molecule has 0 heterocycles. The maximum absolute atomic E-state index is 18.3. The van der Waals surface area contributed by atoms with E-state index in [-0.39, 0.29) is 43.3 Å². The van der Waals surface area contributed by atoms with Gasteiger partial charge in [0.15, 0.2) is 14.3 Å². The number of fused-ring (bicyclic) bond motifs is 4.